The van der Waals surface area contributed by atoms with E-state index in [2.05, 4.69) is 11.6 Å². The van der Waals surface area contributed by atoms with Gasteiger partial charge >= 0.3 is 0 Å². The number of benzene rings is 1. The number of rotatable bonds is 6. The average Bonchev–Trinajstić information content (AvgIpc) is 2.67. The van der Waals surface area contributed by atoms with Gasteiger partial charge in [-0.1, -0.05) is 12.6 Å². The van der Waals surface area contributed by atoms with Gasteiger partial charge in [-0.2, -0.15) is 0 Å². The second-order valence-electron chi connectivity index (χ2n) is 5.69. The highest BCUT2D eigenvalue weighted by Gasteiger charge is 2.12. The number of carbonyl (C=O) groups excluding carboxylic acids is 1. The molecular formula is C20H22N2O4. The smallest absolute Gasteiger partial charge is 0.267 e. The average molecular weight is 354 g/mol. The summed E-state index contributed by atoms with van der Waals surface area (Å²) in [5, 5.41) is 8.60. The maximum atomic E-state index is 11.2. The van der Waals surface area contributed by atoms with Gasteiger partial charge < -0.3 is 9.47 Å². The van der Waals surface area contributed by atoms with Crippen LogP contribution in [0.25, 0.3) is 11.6 Å². The molecule has 1 heterocycles. The Hall–Kier alpha value is -3.12. The molecule has 1 aromatic carbocycles. The molecule has 2 aromatic rings. The summed E-state index contributed by atoms with van der Waals surface area (Å²) in [6.07, 6.45) is 2.62. The van der Waals surface area contributed by atoms with Crippen LogP contribution in [0.1, 0.15) is 28.1 Å². The lowest BCUT2D eigenvalue weighted by Gasteiger charge is -2.14. The van der Waals surface area contributed by atoms with Crippen molar-refractivity contribution in [2.75, 3.05) is 14.2 Å². The first-order valence-electron chi connectivity index (χ1n) is 7.93. The van der Waals surface area contributed by atoms with Gasteiger partial charge in [-0.05, 0) is 54.8 Å². The molecule has 0 bridgehead atoms. The van der Waals surface area contributed by atoms with Gasteiger partial charge in [-0.15, -0.1) is 0 Å². The summed E-state index contributed by atoms with van der Waals surface area (Å²) in [4.78, 5) is 15.7. The van der Waals surface area contributed by atoms with Gasteiger partial charge in [0.25, 0.3) is 5.91 Å². The van der Waals surface area contributed by atoms with E-state index >= 15 is 0 Å². The fourth-order valence-electron chi connectivity index (χ4n) is 2.48. The Morgan fingerprint density at radius 1 is 1.19 bits per heavy atom. The molecule has 0 aliphatic carbocycles. The Morgan fingerprint density at radius 2 is 1.88 bits per heavy atom. The van der Waals surface area contributed by atoms with Crippen molar-refractivity contribution in [1.82, 2.24) is 10.5 Å². The predicted molar refractivity (Wildman–Crippen MR) is 100 cm³/mol. The van der Waals surface area contributed by atoms with Crippen LogP contribution >= 0.6 is 0 Å². The molecule has 0 saturated heterocycles. The maximum Gasteiger partial charge on any atom is 0.267 e. The standard InChI is InChI=1S/C20H22N2O4/c1-12-10-15(11-19(26-5)13(12)2)14(3)16-6-8-18(25-4)17(21-16)7-9-20(23)22-24/h6-11,24H,3H2,1-2,4-5H3,(H,22,23)/b9-7+. The van der Waals surface area contributed by atoms with Crippen LogP contribution in [-0.2, 0) is 4.79 Å². The molecule has 1 amide bonds. The zero-order valence-corrected chi connectivity index (χ0v) is 15.3. The second-order valence-corrected chi connectivity index (χ2v) is 5.69. The minimum absolute atomic E-state index is 0.450. The number of aromatic nitrogens is 1. The molecule has 136 valence electrons. The lowest BCUT2D eigenvalue weighted by Crippen LogP contribution is -2.14. The summed E-state index contributed by atoms with van der Waals surface area (Å²) >= 11 is 0. The molecule has 0 saturated carbocycles. The molecule has 0 unspecified atom stereocenters. The summed E-state index contributed by atoms with van der Waals surface area (Å²) in [6, 6.07) is 7.50. The minimum Gasteiger partial charge on any atom is -0.496 e. The molecule has 2 N–H and O–H groups in total. The summed E-state index contributed by atoms with van der Waals surface area (Å²) in [6.45, 7) is 8.16. The molecule has 0 aliphatic rings. The number of pyridine rings is 1. The summed E-state index contributed by atoms with van der Waals surface area (Å²) in [5.74, 6) is 0.632. The first-order valence-corrected chi connectivity index (χ1v) is 7.93. The van der Waals surface area contributed by atoms with Crippen LogP contribution in [0.4, 0.5) is 0 Å². The zero-order chi connectivity index (χ0) is 19.3. The number of hydrogen-bond acceptors (Lipinski definition) is 5. The molecule has 0 radical (unpaired) electrons. The van der Waals surface area contributed by atoms with Crippen LogP contribution in [0.3, 0.4) is 0 Å². The molecule has 2 rings (SSSR count). The highest BCUT2D eigenvalue weighted by Crippen LogP contribution is 2.30. The van der Waals surface area contributed by atoms with E-state index in [1.165, 1.54) is 18.7 Å². The van der Waals surface area contributed by atoms with Gasteiger partial charge in [0, 0.05) is 11.6 Å². The number of carbonyl (C=O) groups is 1. The number of methoxy groups -OCH3 is 2. The van der Waals surface area contributed by atoms with Crippen molar-refractivity contribution >= 4 is 17.6 Å². The van der Waals surface area contributed by atoms with Crippen molar-refractivity contribution in [3.63, 3.8) is 0 Å². The van der Waals surface area contributed by atoms with Gasteiger partial charge in [0.15, 0.2) is 0 Å². The van der Waals surface area contributed by atoms with Crippen LogP contribution in [0.15, 0.2) is 36.9 Å². The van der Waals surface area contributed by atoms with Crippen LogP contribution in [0.5, 0.6) is 11.5 Å². The third-order valence-electron chi connectivity index (χ3n) is 4.11. The lowest BCUT2D eigenvalue weighted by molar-refractivity contribution is -0.124. The number of hydrogen-bond donors (Lipinski definition) is 2. The topological polar surface area (TPSA) is 80.7 Å². The van der Waals surface area contributed by atoms with Crippen molar-refractivity contribution < 1.29 is 19.5 Å². The van der Waals surface area contributed by atoms with Crippen molar-refractivity contribution in [3.8, 4) is 11.5 Å². The van der Waals surface area contributed by atoms with Crippen LogP contribution < -0.4 is 15.0 Å². The number of nitrogens with zero attached hydrogens (tertiary/aromatic N) is 1. The fraction of sp³-hybridized carbons (Fsp3) is 0.200. The Labute approximate surface area is 152 Å². The monoisotopic (exact) mass is 354 g/mol. The van der Waals surface area contributed by atoms with E-state index in [0.29, 0.717) is 17.1 Å². The number of nitrogens with one attached hydrogen (secondary N) is 1. The Kier molecular flexibility index (Phi) is 6.14. The third-order valence-corrected chi connectivity index (χ3v) is 4.11. The Balaban J connectivity index is 2.45. The highest BCUT2D eigenvalue weighted by atomic mass is 16.5. The number of amides is 1. The summed E-state index contributed by atoms with van der Waals surface area (Å²) < 4.78 is 10.7. The largest absolute Gasteiger partial charge is 0.496 e. The Morgan fingerprint density at radius 3 is 2.50 bits per heavy atom. The molecule has 26 heavy (non-hydrogen) atoms. The van der Waals surface area contributed by atoms with Crippen molar-refractivity contribution in [3.05, 3.63) is 65.0 Å². The van der Waals surface area contributed by atoms with Gasteiger partial charge in [-0.25, -0.2) is 10.5 Å². The van der Waals surface area contributed by atoms with Crippen LogP contribution in [0.2, 0.25) is 0 Å². The van der Waals surface area contributed by atoms with E-state index in [9.17, 15) is 4.79 Å². The number of hydroxylamine groups is 1. The Bertz CT molecular complexity index is 872. The molecule has 0 fully saturated rings. The van der Waals surface area contributed by atoms with E-state index in [1.54, 1.807) is 19.2 Å². The second kappa shape index (κ2) is 8.31. The van der Waals surface area contributed by atoms with Gasteiger partial charge in [0.2, 0.25) is 0 Å². The maximum absolute atomic E-state index is 11.2. The lowest BCUT2D eigenvalue weighted by atomic mass is 9.98. The van der Waals surface area contributed by atoms with Crippen molar-refractivity contribution in [2.45, 2.75) is 13.8 Å². The van der Waals surface area contributed by atoms with E-state index in [4.69, 9.17) is 14.7 Å². The summed E-state index contributed by atoms with van der Waals surface area (Å²) in [7, 11) is 3.15. The molecule has 0 aliphatic heterocycles. The molecule has 6 heteroatoms. The predicted octanol–water partition coefficient (Wildman–Crippen LogP) is 3.30. The van der Waals surface area contributed by atoms with Gasteiger partial charge in [0.05, 0.1) is 19.9 Å². The van der Waals surface area contributed by atoms with Gasteiger partial charge in [0.1, 0.15) is 17.2 Å². The first kappa shape index (κ1) is 19.2. The fourth-order valence-corrected chi connectivity index (χ4v) is 2.48. The van der Waals surface area contributed by atoms with Gasteiger partial charge in [-0.3, -0.25) is 10.0 Å². The SMILES string of the molecule is C=C(c1cc(C)c(C)c(OC)c1)c1ccc(OC)c(/C=C/C(=O)NO)n1. The van der Waals surface area contributed by atoms with Crippen molar-refractivity contribution in [2.24, 2.45) is 0 Å². The first-order chi connectivity index (χ1) is 12.4. The van der Waals surface area contributed by atoms with Crippen LogP contribution in [-0.4, -0.2) is 30.3 Å². The molecule has 1 aromatic heterocycles. The van der Waals surface area contributed by atoms with Crippen molar-refractivity contribution in [1.29, 1.82) is 0 Å². The van der Waals surface area contributed by atoms with Crippen LogP contribution in [0, 0.1) is 13.8 Å². The zero-order valence-electron chi connectivity index (χ0n) is 15.3. The van der Waals surface area contributed by atoms with E-state index < -0.39 is 5.91 Å². The van der Waals surface area contributed by atoms with E-state index in [1.807, 2.05) is 26.0 Å². The highest BCUT2D eigenvalue weighted by molar-refractivity contribution is 5.91. The van der Waals surface area contributed by atoms with E-state index in [-0.39, 0.29) is 0 Å². The molecule has 0 spiro atoms. The normalized spacial score (nSPS) is 10.7. The minimum atomic E-state index is -0.656. The quantitative estimate of drug-likeness (QED) is 0.473. The summed E-state index contributed by atoms with van der Waals surface area (Å²) in [5.41, 5.74) is 6.40. The molecular weight excluding hydrogens is 332 g/mol. The third kappa shape index (κ3) is 4.10. The van der Waals surface area contributed by atoms with E-state index in [0.717, 1.165) is 34.1 Å². The molecule has 0 atom stereocenters. The number of ether oxygens (including phenoxy) is 2. The molecule has 6 nitrogen and oxygen atoms in total. The number of aryl methyl sites for hydroxylation is 1.